The van der Waals surface area contributed by atoms with Crippen LogP contribution in [-0.2, 0) is 9.59 Å². The van der Waals surface area contributed by atoms with Crippen LogP contribution in [0.2, 0.25) is 0 Å². The van der Waals surface area contributed by atoms with Gasteiger partial charge in [-0.15, -0.1) is 0 Å². The molecule has 1 aliphatic rings. The smallest absolute Gasteiger partial charge is 0.307 e. The number of nitrogens with one attached hydrogen (secondary N) is 1. The lowest BCUT2D eigenvalue weighted by Crippen LogP contribution is -2.48. The van der Waals surface area contributed by atoms with Crippen LogP contribution < -0.4 is 10.1 Å². The number of anilines is 1. The molecule has 2 N–H and O–H groups in total. The number of amides is 1. The largest absolute Gasteiger partial charge is 0.495 e. The SMILES string of the molecule is COc1ccc(C)cc1NC(=O)C(C)N1CCCC(C(=O)O)C1. The van der Waals surface area contributed by atoms with E-state index in [2.05, 4.69) is 5.32 Å². The van der Waals surface area contributed by atoms with E-state index >= 15 is 0 Å². The number of benzene rings is 1. The molecule has 1 aromatic rings. The zero-order valence-corrected chi connectivity index (χ0v) is 13.8. The molecule has 6 heteroatoms. The van der Waals surface area contributed by atoms with Crippen molar-refractivity contribution in [3.63, 3.8) is 0 Å². The van der Waals surface area contributed by atoms with Gasteiger partial charge in [0.05, 0.1) is 24.8 Å². The van der Waals surface area contributed by atoms with Crippen molar-refractivity contribution in [2.75, 3.05) is 25.5 Å². The lowest BCUT2D eigenvalue weighted by Gasteiger charge is -2.34. The highest BCUT2D eigenvalue weighted by atomic mass is 16.5. The van der Waals surface area contributed by atoms with Crippen LogP contribution in [0.4, 0.5) is 5.69 Å². The van der Waals surface area contributed by atoms with E-state index < -0.39 is 11.9 Å². The van der Waals surface area contributed by atoms with Gasteiger partial charge in [-0.2, -0.15) is 0 Å². The summed E-state index contributed by atoms with van der Waals surface area (Å²) in [5, 5.41) is 12.1. The zero-order chi connectivity index (χ0) is 17.0. The van der Waals surface area contributed by atoms with E-state index in [4.69, 9.17) is 9.84 Å². The molecule has 126 valence electrons. The number of aliphatic carboxylic acids is 1. The number of methoxy groups -OCH3 is 1. The molecule has 2 rings (SSSR count). The van der Waals surface area contributed by atoms with Crippen molar-refractivity contribution >= 4 is 17.6 Å². The predicted molar refractivity (Wildman–Crippen MR) is 87.8 cm³/mol. The zero-order valence-electron chi connectivity index (χ0n) is 13.8. The number of carbonyl (C=O) groups excluding carboxylic acids is 1. The highest BCUT2D eigenvalue weighted by molar-refractivity contribution is 5.96. The molecule has 1 heterocycles. The summed E-state index contributed by atoms with van der Waals surface area (Å²) in [5.74, 6) is -0.728. The van der Waals surface area contributed by atoms with Crippen LogP contribution in [-0.4, -0.2) is 48.1 Å². The Kier molecular flexibility index (Phi) is 5.60. The number of hydrogen-bond donors (Lipinski definition) is 2. The van der Waals surface area contributed by atoms with Crippen molar-refractivity contribution in [3.05, 3.63) is 23.8 Å². The minimum atomic E-state index is -0.789. The second-order valence-corrected chi connectivity index (χ2v) is 6.04. The molecule has 0 aliphatic carbocycles. The highest BCUT2D eigenvalue weighted by Gasteiger charge is 2.30. The first-order valence-corrected chi connectivity index (χ1v) is 7.84. The van der Waals surface area contributed by atoms with Crippen molar-refractivity contribution < 1.29 is 19.4 Å². The van der Waals surface area contributed by atoms with Crippen molar-refractivity contribution in [2.24, 2.45) is 5.92 Å². The van der Waals surface area contributed by atoms with Gasteiger partial charge >= 0.3 is 5.97 Å². The molecular formula is C17H24N2O4. The van der Waals surface area contributed by atoms with Gasteiger partial charge in [0.15, 0.2) is 0 Å². The normalized spacial score (nSPS) is 19.9. The second kappa shape index (κ2) is 7.46. The minimum Gasteiger partial charge on any atom is -0.495 e. The fourth-order valence-electron chi connectivity index (χ4n) is 2.88. The minimum absolute atomic E-state index is 0.153. The number of carboxylic acid groups (broad SMARTS) is 1. The van der Waals surface area contributed by atoms with Crippen LogP contribution >= 0.6 is 0 Å². The first-order chi connectivity index (χ1) is 10.9. The Balaban J connectivity index is 2.05. The molecule has 0 saturated carbocycles. The van der Waals surface area contributed by atoms with Gasteiger partial charge in [0.1, 0.15) is 5.75 Å². The Morgan fingerprint density at radius 3 is 2.83 bits per heavy atom. The third-order valence-corrected chi connectivity index (χ3v) is 4.34. The van der Waals surface area contributed by atoms with Crippen LogP contribution in [0.25, 0.3) is 0 Å². The van der Waals surface area contributed by atoms with E-state index in [9.17, 15) is 9.59 Å². The number of hydrogen-bond acceptors (Lipinski definition) is 4. The fraction of sp³-hybridized carbons (Fsp3) is 0.529. The summed E-state index contributed by atoms with van der Waals surface area (Å²) in [4.78, 5) is 25.6. The summed E-state index contributed by atoms with van der Waals surface area (Å²) >= 11 is 0. The third-order valence-electron chi connectivity index (χ3n) is 4.34. The van der Waals surface area contributed by atoms with Crippen molar-refractivity contribution in [2.45, 2.75) is 32.7 Å². The van der Waals surface area contributed by atoms with Crippen molar-refractivity contribution in [3.8, 4) is 5.75 Å². The van der Waals surface area contributed by atoms with Gasteiger partial charge in [-0.3, -0.25) is 14.5 Å². The Bertz CT molecular complexity index is 588. The van der Waals surface area contributed by atoms with E-state index in [1.54, 1.807) is 7.11 Å². The van der Waals surface area contributed by atoms with E-state index in [1.807, 2.05) is 36.9 Å². The van der Waals surface area contributed by atoms with Crippen LogP contribution in [0.5, 0.6) is 5.75 Å². The molecule has 1 fully saturated rings. The van der Waals surface area contributed by atoms with E-state index in [1.165, 1.54) is 0 Å². The van der Waals surface area contributed by atoms with Gasteiger partial charge in [-0.05, 0) is 50.9 Å². The van der Waals surface area contributed by atoms with Crippen LogP contribution in [0, 0.1) is 12.8 Å². The lowest BCUT2D eigenvalue weighted by molar-refractivity contribution is -0.144. The topological polar surface area (TPSA) is 78.9 Å². The van der Waals surface area contributed by atoms with E-state index in [0.29, 0.717) is 24.4 Å². The summed E-state index contributed by atoms with van der Waals surface area (Å²) in [6.45, 7) is 4.90. The number of likely N-dealkylation sites (tertiary alicyclic amines) is 1. The molecular weight excluding hydrogens is 296 g/mol. The Hall–Kier alpha value is -2.08. The molecule has 0 spiro atoms. The van der Waals surface area contributed by atoms with Gasteiger partial charge in [0.2, 0.25) is 5.91 Å². The number of piperidine rings is 1. The van der Waals surface area contributed by atoms with Crippen LogP contribution in [0.3, 0.4) is 0 Å². The number of carbonyl (C=O) groups is 2. The lowest BCUT2D eigenvalue weighted by atomic mass is 9.97. The van der Waals surface area contributed by atoms with Crippen molar-refractivity contribution in [1.82, 2.24) is 4.90 Å². The molecule has 2 atom stereocenters. The maximum absolute atomic E-state index is 12.5. The maximum Gasteiger partial charge on any atom is 0.307 e. The van der Waals surface area contributed by atoms with Crippen LogP contribution in [0.1, 0.15) is 25.3 Å². The number of rotatable bonds is 5. The molecule has 1 amide bonds. The molecule has 2 unspecified atom stereocenters. The van der Waals surface area contributed by atoms with Gasteiger partial charge in [-0.25, -0.2) is 0 Å². The summed E-state index contributed by atoms with van der Waals surface area (Å²) in [7, 11) is 1.56. The maximum atomic E-state index is 12.5. The summed E-state index contributed by atoms with van der Waals surface area (Å²) in [6, 6.07) is 5.21. The molecule has 1 aliphatic heterocycles. The second-order valence-electron chi connectivity index (χ2n) is 6.04. The molecule has 1 saturated heterocycles. The average Bonchev–Trinajstić information content (AvgIpc) is 2.54. The molecule has 0 radical (unpaired) electrons. The number of nitrogens with zero attached hydrogens (tertiary/aromatic N) is 1. The van der Waals surface area contributed by atoms with Gasteiger partial charge in [0.25, 0.3) is 0 Å². The quantitative estimate of drug-likeness (QED) is 0.869. The molecule has 1 aromatic carbocycles. The Morgan fingerprint density at radius 1 is 1.43 bits per heavy atom. The van der Waals surface area contributed by atoms with Crippen molar-refractivity contribution in [1.29, 1.82) is 0 Å². The number of ether oxygens (including phenoxy) is 1. The van der Waals surface area contributed by atoms with Crippen LogP contribution in [0.15, 0.2) is 18.2 Å². The van der Waals surface area contributed by atoms with E-state index in [0.717, 1.165) is 18.5 Å². The first kappa shape index (κ1) is 17.3. The number of aryl methyl sites for hydroxylation is 1. The monoisotopic (exact) mass is 320 g/mol. The summed E-state index contributed by atoms with van der Waals surface area (Å²) in [5.41, 5.74) is 1.66. The first-order valence-electron chi connectivity index (χ1n) is 7.84. The van der Waals surface area contributed by atoms with Gasteiger partial charge < -0.3 is 15.2 Å². The molecule has 23 heavy (non-hydrogen) atoms. The third kappa shape index (κ3) is 4.22. The van der Waals surface area contributed by atoms with E-state index in [-0.39, 0.29) is 11.9 Å². The Labute approximate surface area is 136 Å². The average molecular weight is 320 g/mol. The summed E-state index contributed by atoms with van der Waals surface area (Å²) < 4.78 is 5.27. The molecule has 0 bridgehead atoms. The highest BCUT2D eigenvalue weighted by Crippen LogP contribution is 2.26. The molecule has 0 aromatic heterocycles. The predicted octanol–water partition coefficient (Wildman–Crippen LogP) is 2.13. The van der Waals surface area contributed by atoms with Gasteiger partial charge in [0, 0.05) is 6.54 Å². The Morgan fingerprint density at radius 2 is 2.17 bits per heavy atom. The standard InChI is InChI=1S/C17H24N2O4/c1-11-6-7-15(23-3)14(9-11)18-16(20)12(2)19-8-4-5-13(10-19)17(21)22/h6-7,9,12-13H,4-5,8,10H2,1-3H3,(H,18,20)(H,21,22). The fourth-order valence-corrected chi connectivity index (χ4v) is 2.88. The summed E-state index contributed by atoms with van der Waals surface area (Å²) in [6.07, 6.45) is 1.47. The number of carboxylic acids is 1. The van der Waals surface area contributed by atoms with Gasteiger partial charge in [-0.1, -0.05) is 6.07 Å². The molecule has 6 nitrogen and oxygen atoms in total.